The van der Waals surface area contributed by atoms with Gasteiger partial charge in [-0.3, -0.25) is 9.52 Å². The predicted octanol–water partition coefficient (Wildman–Crippen LogP) is 5.31. The van der Waals surface area contributed by atoms with E-state index >= 15 is 0 Å². The third-order valence-corrected chi connectivity index (χ3v) is 7.90. The van der Waals surface area contributed by atoms with Gasteiger partial charge >= 0.3 is 0 Å². The van der Waals surface area contributed by atoms with Crippen LogP contribution in [0.15, 0.2) is 47.4 Å². The molecule has 0 unspecified atom stereocenters. The first-order valence-corrected chi connectivity index (χ1v) is 12.5. The van der Waals surface area contributed by atoms with Crippen molar-refractivity contribution in [2.75, 3.05) is 10.0 Å². The smallest absolute Gasteiger partial charge is 0.263 e. The van der Waals surface area contributed by atoms with Crippen LogP contribution in [0.4, 0.5) is 10.8 Å². The van der Waals surface area contributed by atoms with Crippen LogP contribution >= 0.6 is 11.3 Å². The number of hydrogen-bond acceptors (Lipinski definition) is 5. The van der Waals surface area contributed by atoms with Crippen LogP contribution in [0.5, 0.6) is 0 Å². The van der Waals surface area contributed by atoms with Crippen molar-refractivity contribution in [3.63, 3.8) is 0 Å². The molecule has 2 N–H and O–H groups in total. The van der Waals surface area contributed by atoms with Crippen molar-refractivity contribution in [3.05, 3.63) is 48.0 Å². The second kappa shape index (κ2) is 8.73. The Morgan fingerprint density at radius 1 is 1.13 bits per heavy atom. The molecule has 1 aliphatic rings. The zero-order valence-corrected chi connectivity index (χ0v) is 18.5. The lowest BCUT2D eigenvalue weighted by Gasteiger charge is -2.09. The molecule has 6 nitrogen and oxygen atoms in total. The number of anilines is 2. The molecular formula is C22H25N3O3S2. The van der Waals surface area contributed by atoms with Gasteiger partial charge in [0.05, 0.1) is 15.1 Å². The molecule has 0 bridgehead atoms. The summed E-state index contributed by atoms with van der Waals surface area (Å²) in [5.41, 5.74) is 2.38. The van der Waals surface area contributed by atoms with Gasteiger partial charge in [0.2, 0.25) is 5.91 Å². The van der Waals surface area contributed by atoms with Crippen molar-refractivity contribution in [2.45, 2.75) is 50.3 Å². The Hall–Kier alpha value is -2.45. The molecule has 1 heterocycles. The van der Waals surface area contributed by atoms with E-state index in [1.165, 1.54) is 37.0 Å². The Morgan fingerprint density at radius 2 is 1.87 bits per heavy atom. The number of sulfonamides is 1. The number of amides is 1. The van der Waals surface area contributed by atoms with E-state index in [2.05, 4.69) is 15.0 Å². The van der Waals surface area contributed by atoms with Gasteiger partial charge in [0, 0.05) is 12.1 Å². The Balaban J connectivity index is 1.43. The minimum atomic E-state index is -3.69. The second-order valence-corrected chi connectivity index (χ2v) is 10.6. The minimum Gasteiger partial charge on any atom is -0.326 e. The number of hydrogen-bond donors (Lipinski definition) is 2. The van der Waals surface area contributed by atoms with Crippen LogP contribution in [0.2, 0.25) is 0 Å². The quantitative estimate of drug-likeness (QED) is 0.518. The summed E-state index contributed by atoms with van der Waals surface area (Å²) in [5.74, 6) is 0.704. The van der Waals surface area contributed by atoms with Gasteiger partial charge in [-0.25, -0.2) is 13.4 Å². The number of thiazole rings is 1. The standard InChI is InChI=1S/C22H25N3O3S2/c1-15-6-10-18(11-7-15)30(27,28)25-22-24-19-12-9-17(14-20(19)29-22)23-21(26)13-8-16-4-2-3-5-16/h6-7,9-12,14,16H,2-5,8,13H2,1H3,(H,23,26)(H,24,25). The largest absolute Gasteiger partial charge is 0.326 e. The predicted molar refractivity (Wildman–Crippen MR) is 121 cm³/mol. The van der Waals surface area contributed by atoms with Gasteiger partial charge in [-0.1, -0.05) is 54.7 Å². The summed E-state index contributed by atoms with van der Waals surface area (Å²) in [5, 5.41) is 3.25. The lowest BCUT2D eigenvalue weighted by Crippen LogP contribution is -2.12. The zero-order valence-electron chi connectivity index (χ0n) is 16.8. The number of nitrogens with zero attached hydrogens (tertiary/aromatic N) is 1. The highest BCUT2D eigenvalue weighted by molar-refractivity contribution is 7.93. The maximum atomic E-state index is 12.6. The van der Waals surface area contributed by atoms with Crippen molar-refractivity contribution in [3.8, 4) is 0 Å². The van der Waals surface area contributed by atoms with Crippen LogP contribution in [0, 0.1) is 12.8 Å². The molecule has 1 fully saturated rings. The van der Waals surface area contributed by atoms with E-state index in [1.54, 1.807) is 36.4 Å². The monoisotopic (exact) mass is 443 g/mol. The second-order valence-electron chi connectivity index (χ2n) is 7.86. The van der Waals surface area contributed by atoms with Crippen molar-refractivity contribution >= 4 is 48.3 Å². The molecule has 3 aromatic rings. The molecule has 2 aromatic carbocycles. The molecule has 1 saturated carbocycles. The lowest BCUT2D eigenvalue weighted by molar-refractivity contribution is -0.116. The fourth-order valence-electron chi connectivity index (χ4n) is 3.80. The summed E-state index contributed by atoms with van der Waals surface area (Å²) in [6, 6.07) is 12.1. The Kier molecular flexibility index (Phi) is 6.06. The van der Waals surface area contributed by atoms with Crippen LogP contribution in [-0.4, -0.2) is 19.3 Å². The average Bonchev–Trinajstić information content (AvgIpc) is 3.35. The molecule has 1 aliphatic carbocycles. The number of benzene rings is 2. The number of rotatable bonds is 7. The maximum Gasteiger partial charge on any atom is 0.263 e. The van der Waals surface area contributed by atoms with Crippen molar-refractivity contribution in [1.82, 2.24) is 4.98 Å². The lowest BCUT2D eigenvalue weighted by atomic mass is 10.0. The molecule has 8 heteroatoms. The molecule has 1 amide bonds. The summed E-state index contributed by atoms with van der Waals surface area (Å²) in [7, 11) is -3.69. The van der Waals surface area contributed by atoms with Crippen LogP contribution < -0.4 is 10.0 Å². The summed E-state index contributed by atoms with van der Waals surface area (Å²) >= 11 is 1.24. The first kappa shape index (κ1) is 20.8. The molecule has 0 atom stereocenters. The highest BCUT2D eigenvalue weighted by atomic mass is 32.2. The van der Waals surface area contributed by atoms with E-state index in [0.29, 0.717) is 28.7 Å². The maximum absolute atomic E-state index is 12.6. The van der Waals surface area contributed by atoms with Crippen molar-refractivity contribution < 1.29 is 13.2 Å². The molecule has 0 aliphatic heterocycles. The van der Waals surface area contributed by atoms with Crippen LogP contribution in [0.25, 0.3) is 10.2 Å². The first-order chi connectivity index (χ1) is 14.4. The molecule has 0 spiro atoms. The van der Waals surface area contributed by atoms with Crippen molar-refractivity contribution in [1.29, 1.82) is 0 Å². The molecule has 0 radical (unpaired) electrons. The van der Waals surface area contributed by atoms with Crippen LogP contribution in [0.1, 0.15) is 44.1 Å². The van der Waals surface area contributed by atoms with Crippen LogP contribution in [0.3, 0.4) is 0 Å². The fraction of sp³-hybridized carbons (Fsp3) is 0.364. The number of aromatic nitrogens is 1. The van der Waals surface area contributed by atoms with E-state index in [-0.39, 0.29) is 10.8 Å². The highest BCUT2D eigenvalue weighted by Gasteiger charge is 2.18. The van der Waals surface area contributed by atoms with Gasteiger partial charge in [0.1, 0.15) is 0 Å². The van der Waals surface area contributed by atoms with Crippen LogP contribution in [-0.2, 0) is 14.8 Å². The third-order valence-electron chi connectivity index (χ3n) is 5.48. The van der Waals surface area contributed by atoms with E-state index in [0.717, 1.165) is 16.7 Å². The molecule has 158 valence electrons. The van der Waals surface area contributed by atoms with E-state index in [4.69, 9.17) is 0 Å². The first-order valence-electron chi connectivity index (χ1n) is 10.2. The fourth-order valence-corrected chi connectivity index (χ4v) is 5.94. The summed E-state index contributed by atoms with van der Waals surface area (Å²) in [4.78, 5) is 16.8. The summed E-state index contributed by atoms with van der Waals surface area (Å²) in [6.07, 6.45) is 6.52. The number of nitrogens with one attached hydrogen (secondary N) is 2. The average molecular weight is 444 g/mol. The third kappa shape index (κ3) is 4.99. The van der Waals surface area contributed by atoms with Gasteiger partial charge < -0.3 is 5.32 Å². The zero-order chi connectivity index (χ0) is 21.1. The number of aryl methyl sites for hydroxylation is 1. The van der Waals surface area contributed by atoms with Crippen molar-refractivity contribution in [2.24, 2.45) is 5.92 Å². The molecular weight excluding hydrogens is 418 g/mol. The number of carbonyl (C=O) groups excluding carboxylic acids is 1. The molecule has 4 rings (SSSR count). The van der Waals surface area contributed by atoms with Gasteiger partial charge in [-0.15, -0.1) is 0 Å². The Morgan fingerprint density at radius 3 is 2.60 bits per heavy atom. The van der Waals surface area contributed by atoms with Gasteiger partial charge in [0.25, 0.3) is 10.0 Å². The highest BCUT2D eigenvalue weighted by Crippen LogP contribution is 2.31. The number of fused-ring (bicyclic) bond motifs is 1. The van der Waals surface area contributed by atoms with Gasteiger partial charge in [-0.05, 0) is 49.6 Å². The normalized spacial score (nSPS) is 14.8. The van der Waals surface area contributed by atoms with E-state index < -0.39 is 10.0 Å². The summed E-state index contributed by atoms with van der Waals surface area (Å²) in [6.45, 7) is 1.91. The SMILES string of the molecule is Cc1ccc(S(=O)(=O)Nc2nc3ccc(NC(=O)CCC4CCCC4)cc3s2)cc1. The topological polar surface area (TPSA) is 88.2 Å². The van der Waals surface area contributed by atoms with E-state index in [9.17, 15) is 13.2 Å². The Labute approximate surface area is 180 Å². The minimum absolute atomic E-state index is 0.0195. The van der Waals surface area contributed by atoms with Gasteiger partial charge in [-0.2, -0.15) is 0 Å². The summed E-state index contributed by atoms with van der Waals surface area (Å²) < 4.78 is 28.5. The Bertz CT molecular complexity index is 1150. The van der Waals surface area contributed by atoms with Gasteiger partial charge in [0.15, 0.2) is 5.13 Å². The number of carbonyl (C=O) groups is 1. The molecule has 30 heavy (non-hydrogen) atoms. The van der Waals surface area contributed by atoms with E-state index in [1.807, 2.05) is 13.0 Å². The molecule has 0 saturated heterocycles. The molecule has 1 aromatic heterocycles.